The molecule has 0 bridgehead atoms. The topological polar surface area (TPSA) is 68.6 Å². The van der Waals surface area contributed by atoms with Crippen molar-refractivity contribution >= 4 is 34.5 Å². The van der Waals surface area contributed by atoms with Crippen LogP contribution >= 0.6 is 11.8 Å². The van der Waals surface area contributed by atoms with E-state index in [1.165, 1.54) is 23.9 Å². The normalized spacial score (nSPS) is 23.1. The molecule has 0 radical (unpaired) electrons. The van der Waals surface area contributed by atoms with E-state index in [-0.39, 0.29) is 6.04 Å². The quantitative estimate of drug-likeness (QED) is 0.380. The van der Waals surface area contributed by atoms with Crippen LogP contribution in [0.5, 0.6) is 0 Å². The molecule has 2 fully saturated rings. The summed E-state index contributed by atoms with van der Waals surface area (Å²) in [6, 6.07) is 9.65. The third-order valence-corrected chi connectivity index (χ3v) is 8.29. The SMILES string of the molecule is CC1CN(c2ccc3c(c2)Sc2cc(C(F)(F)F)cc(NC4CCN(CCN)CC4)c2N3)CC(C)N1. The van der Waals surface area contributed by atoms with Crippen molar-refractivity contribution in [1.82, 2.24) is 10.2 Å². The number of nitrogens with zero attached hydrogens (tertiary/aromatic N) is 2. The predicted molar refractivity (Wildman–Crippen MR) is 142 cm³/mol. The molecule has 2 aromatic rings. The second-order valence-corrected chi connectivity index (χ2v) is 11.3. The largest absolute Gasteiger partial charge is 0.416 e. The number of anilines is 4. The molecule has 196 valence electrons. The fourth-order valence-corrected chi connectivity index (χ4v) is 6.59. The van der Waals surface area contributed by atoms with Crippen molar-refractivity contribution in [1.29, 1.82) is 0 Å². The first-order chi connectivity index (χ1) is 17.2. The Morgan fingerprint density at radius 3 is 2.44 bits per heavy atom. The number of piperazine rings is 1. The Labute approximate surface area is 215 Å². The van der Waals surface area contributed by atoms with Crippen molar-refractivity contribution in [3.05, 3.63) is 35.9 Å². The number of piperidine rings is 1. The first-order valence-corrected chi connectivity index (χ1v) is 13.6. The van der Waals surface area contributed by atoms with Gasteiger partial charge < -0.3 is 31.5 Å². The monoisotopic (exact) mass is 520 g/mol. The van der Waals surface area contributed by atoms with E-state index >= 15 is 0 Å². The summed E-state index contributed by atoms with van der Waals surface area (Å²) in [6.45, 7) is 9.40. The van der Waals surface area contributed by atoms with Crippen LogP contribution < -0.4 is 26.6 Å². The second-order valence-electron chi connectivity index (χ2n) is 10.2. The fourth-order valence-electron chi connectivity index (χ4n) is 5.49. The number of fused-ring (bicyclic) bond motifs is 2. The maximum atomic E-state index is 13.8. The summed E-state index contributed by atoms with van der Waals surface area (Å²) < 4.78 is 41.5. The molecule has 5 rings (SSSR count). The lowest BCUT2D eigenvalue weighted by atomic mass is 10.0. The van der Waals surface area contributed by atoms with Crippen molar-refractivity contribution < 1.29 is 13.2 Å². The van der Waals surface area contributed by atoms with E-state index in [1.54, 1.807) is 0 Å². The standard InChI is InChI=1S/C26H35F3N6S/c1-16-14-35(15-17(2)31-16)20-3-4-21-23(13-20)36-24-12-18(26(27,28)29)11-22(25(24)33-21)32-19-5-8-34(9-6-19)10-7-30/h3-4,11-13,16-17,19,31-33H,5-10,14-15,30H2,1-2H3. The number of alkyl halides is 3. The second kappa shape index (κ2) is 10.3. The number of nitrogens with one attached hydrogen (secondary N) is 3. The van der Waals surface area contributed by atoms with Gasteiger partial charge in [-0.15, -0.1) is 0 Å². The van der Waals surface area contributed by atoms with E-state index in [4.69, 9.17) is 5.73 Å². The Morgan fingerprint density at radius 1 is 1.06 bits per heavy atom. The summed E-state index contributed by atoms with van der Waals surface area (Å²) >= 11 is 1.41. The molecule has 6 nitrogen and oxygen atoms in total. The highest BCUT2D eigenvalue weighted by Crippen LogP contribution is 2.50. The minimum atomic E-state index is -4.41. The molecule has 10 heteroatoms. The van der Waals surface area contributed by atoms with Gasteiger partial charge in [0.1, 0.15) is 0 Å². The lowest BCUT2D eigenvalue weighted by Crippen LogP contribution is -2.54. The van der Waals surface area contributed by atoms with E-state index in [2.05, 4.69) is 51.7 Å². The summed E-state index contributed by atoms with van der Waals surface area (Å²) in [4.78, 5) is 6.19. The van der Waals surface area contributed by atoms with Crippen LogP contribution in [0.25, 0.3) is 0 Å². The predicted octanol–water partition coefficient (Wildman–Crippen LogP) is 4.94. The molecule has 3 heterocycles. The van der Waals surface area contributed by atoms with Gasteiger partial charge >= 0.3 is 6.18 Å². The highest BCUT2D eigenvalue weighted by atomic mass is 32.2. The molecule has 2 saturated heterocycles. The zero-order valence-corrected chi connectivity index (χ0v) is 21.6. The summed E-state index contributed by atoms with van der Waals surface area (Å²) in [5.74, 6) is 0. The van der Waals surface area contributed by atoms with E-state index in [1.807, 2.05) is 6.07 Å². The summed E-state index contributed by atoms with van der Waals surface area (Å²) in [7, 11) is 0. The summed E-state index contributed by atoms with van der Waals surface area (Å²) in [5.41, 5.74) is 8.32. The maximum absolute atomic E-state index is 13.8. The molecule has 0 spiro atoms. The van der Waals surface area contributed by atoms with Crippen LogP contribution in [-0.4, -0.2) is 62.3 Å². The van der Waals surface area contributed by atoms with Crippen LogP contribution in [0.4, 0.5) is 35.9 Å². The summed E-state index contributed by atoms with van der Waals surface area (Å²) in [6.07, 6.45) is -2.66. The highest BCUT2D eigenvalue weighted by Gasteiger charge is 2.34. The Morgan fingerprint density at radius 2 is 1.78 bits per heavy atom. The van der Waals surface area contributed by atoms with E-state index in [0.29, 0.717) is 29.2 Å². The van der Waals surface area contributed by atoms with Gasteiger partial charge in [-0.25, -0.2) is 0 Å². The van der Waals surface area contributed by atoms with Gasteiger partial charge in [0.15, 0.2) is 0 Å². The van der Waals surface area contributed by atoms with Crippen LogP contribution in [0.15, 0.2) is 40.1 Å². The van der Waals surface area contributed by atoms with Gasteiger partial charge in [0.25, 0.3) is 0 Å². The van der Waals surface area contributed by atoms with E-state index in [0.717, 1.165) is 67.5 Å². The molecular weight excluding hydrogens is 485 g/mol. The Bertz CT molecular complexity index is 1080. The third kappa shape index (κ3) is 5.56. The van der Waals surface area contributed by atoms with Gasteiger partial charge in [-0.2, -0.15) is 13.2 Å². The highest BCUT2D eigenvalue weighted by molar-refractivity contribution is 7.99. The number of hydrogen-bond donors (Lipinski definition) is 4. The van der Waals surface area contributed by atoms with Crippen molar-refractivity contribution in [3.63, 3.8) is 0 Å². The van der Waals surface area contributed by atoms with Gasteiger partial charge in [-0.05, 0) is 57.0 Å². The van der Waals surface area contributed by atoms with Gasteiger partial charge in [-0.3, -0.25) is 0 Å². The molecule has 0 amide bonds. The smallest absolute Gasteiger partial charge is 0.380 e. The van der Waals surface area contributed by atoms with Crippen LogP contribution in [0, 0.1) is 0 Å². The Balaban J connectivity index is 1.40. The van der Waals surface area contributed by atoms with Gasteiger partial charge in [0.05, 0.1) is 22.6 Å². The van der Waals surface area contributed by atoms with Crippen LogP contribution in [0.3, 0.4) is 0 Å². The maximum Gasteiger partial charge on any atom is 0.416 e. The molecule has 3 aliphatic rings. The first-order valence-electron chi connectivity index (χ1n) is 12.7. The zero-order chi connectivity index (χ0) is 25.4. The molecule has 0 saturated carbocycles. The molecule has 3 aliphatic heterocycles. The molecule has 2 aromatic carbocycles. The number of benzene rings is 2. The fraction of sp³-hybridized carbons (Fsp3) is 0.538. The lowest BCUT2D eigenvalue weighted by molar-refractivity contribution is -0.137. The van der Waals surface area contributed by atoms with Crippen LogP contribution in [0.1, 0.15) is 32.3 Å². The average Bonchev–Trinajstić information content (AvgIpc) is 2.82. The first kappa shape index (κ1) is 25.5. The molecule has 2 atom stereocenters. The van der Waals surface area contributed by atoms with Gasteiger partial charge in [0, 0.05) is 72.9 Å². The van der Waals surface area contributed by atoms with Crippen molar-refractivity contribution in [2.75, 3.05) is 54.8 Å². The van der Waals surface area contributed by atoms with Crippen LogP contribution in [0.2, 0.25) is 0 Å². The number of halogens is 3. The lowest BCUT2D eigenvalue weighted by Gasteiger charge is -2.38. The zero-order valence-electron chi connectivity index (χ0n) is 20.8. The van der Waals surface area contributed by atoms with E-state index in [9.17, 15) is 13.2 Å². The Kier molecular flexibility index (Phi) is 7.31. The number of rotatable bonds is 5. The van der Waals surface area contributed by atoms with Crippen molar-refractivity contribution in [2.24, 2.45) is 5.73 Å². The minimum Gasteiger partial charge on any atom is -0.380 e. The molecule has 0 aliphatic carbocycles. The molecule has 0 aromatic heterocycles. The minimum absolute atomic E-state index is 0.124. The van der Waals surface area contributed by atoms with Crippen LogP contribution in [-0.2, 0) is 6.18 Å². The number of hydrogen-bond acceptors (Lipinski definition) is 7. The Hall–Kier alpha value is -2.14. The van der Waals surface area contributed by atoms with Crippen molar-refractivity contribution in [2.45, 2.75) is 60.8 Å². The third-order valence-electron chi connectivity index (χ3n) is 7.19. The molecule has 36 heavy (non-hydrogen) atoms. The molecular formula is C26H35F3N6S. The number of nitrogens with two attached hydrogens (primary N) is 1. The molecule has 2 unspecified atom stereocenters. The van der Waals surface area contributed by atoms with E-state index < -0.39 is 11.7 Å². The van der Waals surface area contributed by atoms with Gasteiger partial charge in [0.2, 0.25) is 0 Å². The average molecular weight is 521 g/mol. The van der Waals surface area contributed by atoms with Crippen molar-refractivity contribution in [3.8, 4) is 0 Å². The molecule has 5 N–H and O–H groups in total. The summed E-state index contributed by atoms with van der Waals surface area (Å²) in [5, 5.41) is 10.4. The number of likely N-dealkylation sites (tertiary alicyclic amines) is 1. The van der Waals surface area contributed by atoms with Gasteiger partial charge in [-0.1, -0.05) is 11.8 Å².